The van der Waals surface area contributed by atoms with Crippen LogP contribution in [0, 0.1) is 6.92 Å². The van der Waals surface area contributed by atoms with Crippen LogP contribution in [0.15, 0.2) is 47.4 Å². The van der Waals surface area contributed by atoms with E-state index in [9.17, 15) is 4.79 Å². The molecule has 2 heterocycles. The highest BCUT2D eigenvalue weighted by molar-refractivity contribution is 6.07. The SMILES string of the molecule is Cc1noc(-c2ccccc2C(=O)Nc2cnccn2)n1. The average Bonchev–Trinajstić information content (AvgIpc) is 2.95. The zero-order chi connectivity index (χ0) is 14.7. The molecule has 1 N–H and O–H groups in total. The zero-order valence-corrected chi connectivity index (χ0v) is 11.1. The minimum atomic E-state index is -0.318. The molecular formula is C14H11N5O2. The molecule has 7 heteroatoms. The van der Waals surface area contributed by atoms with E-state index in [1.54, 1.807) is 31.2 Å². The van der Waals surface area contributed by atoms with E-state index >= 15 is 0 Å². The molecule has 3 aromatic rings. The first-order chi connectivity index (χ1) is 10.2. The molecule has 0 aliphatic rings. The van der Waals surface area contributed by atoms with Crippen LogP contribution in [0.5, 0.6) is 0 Å². The van der Waals surface area contributed by atoms with Gasteiger partial charge in [-0.15, -0.1) is 0 Å². The van der Waals surface area contributed by atoms with Crippen molar-refractivity contribution >= 4 is 11.7 Å². The van der Waals surface area contributed by atoms with Gasteiger partial charge in [-0.05, 0) is 19.1 Å². The number of aromatic nitrogens is 4. The fourth-order valence-electron chi connectivity index (χ4n) is 1.82. The highest BCUT2D eigenvalue weighted by Gasteiger charge is 2.17. The Morgan fingerprint density at radius 1 is 1.24 bits per heavy atom. The standard InChI is InChI=1S/C14H11N5O2/c1-9-17-14(21-19-9)11-5-3-2-4-10(11)13(20)18-12-8-15-6-7-16-12/h2-8H,1H3,(H,16,18,20). The lowest BCUT2D eigenvalue weighted by Gasteiger charge is -2.06. The molecule has 0 fully saturated rings. The Bertz CT molecular complexity index is 770. The number of anilines is 1. The molecule has 1 amide bonds. The summed E-state index contributed by atoms with van der Waals surface area (Å²) in [6, 6.07) is 6.99. The largest absolute Gasteiger partial charge is 0.334 e. The van der Waals surface area contributed by atoms with E-state index in [4.69, 9.17) is 4.52 Å². The van der Waals surface area contributed by atoms with Crippen LogP contribution in [0.2, 0.25) is 0 Å². The van der Waals surface area contributed by atoms with E-state index in [0.717, 1.165) is 0 Å². The van der Waals surface area contributed by atoms with Crippen LogP contribution in [0.3, 0.4) is 0 Å². The molecule has 0 radical (unpaired) electrons. The summed E-state index contributed by atoms with van der Waals surface area (Å²) in [5, 5.41) is 6.41. The van der Waals surface area contributed by atoms with Crippen molar-refractivity contribution in [3.05, 3.63) is 54.2 Å². The summed E-state index contributed by atoms with van der Waals surface area (Å²) in [6.07, 6.45) is 4.51. The van der Waals surface area contributed by atoms with Crippen LogP contribution in [-0.2, 0) is 0 Å². The summed E-state index contributed by atoms with van der Waals surface area (Å²) in [6.45, 7) is 1.72. The van der Waals surface area contributed by atoms with Crippen LogP contribution in [0.1, 0.15) is 16.2 Å². The molecule has 0 bridgehead atoms. The fraction of sp³-hybridized carbons (Fsp3) is 0.0714. The number of nitrogens with zero attached hydrogens (tertiary/aromatic N) is 4. The molecule has 0 saturated carbocycles. The quantitative estimate of drug-likeness (QED) is 0.790. The molecule has 1 aromatic carbocycles. The molecule has 2 aromatic heterocycles. The summed E-state index contributed by atoms with van der Waals surface area (Å²) in [5.41, 5.74) is 0.992. The predicted molar refractivity (Wildman–Crippen MR) is 74.5 cm³/mol. The van der Waals surface area contributed by atoms with E-state index < -0.39 is 0 Å². The van der Waals surface area contributed by atoms with Crippen LogP contribution >= 0.6 is 0 Å². The van der Waals surface area contributed by atoms with E-state index in [1.807, 2.05) is 0 Å². The first kappa shape index (κ1) is 12.9. The summed E-state index contributed by atoms with van der Waals surface area (Å²) in [7, 11) is 0. The number of hydrogen-bond acceptors (Lipinski definition) is 6. The van der Waals surface area contributed by atoms with Crippen LogP contribution < -0.4 is 5.32 Å². The number of amides is 1. The molecule has 0 unspecified atom stereocenters. The smallest absolute Gasteiger partial charge is 0.258 e. The van der Waals surface area contributed by atoms with E-state index in [2.05, 4.69) is 25.4 Å². The van der Waals surface area contributed by atoms with Gasteiger partial charge in [-0.25, -0.2) is 4.98 Å². The Morgan fingerprint density at radius 3 is 2.81 bits per heavy atom. The predicted octanol–water partition coefficient (Wildman–Crippen LogP) is 2.09. The van der Waals surface area contributed by atoms with Crippen molar-refractivity contribution in [2.45, 2.75) is 6.92 Å². The topological polar surface area (TPSA) is 93.8 Å². The average molecular weight is 281 g/mol. The second kappa shape index (κ2) is 5.49. The molecule has 0 aliphatic heterocycles. The van der Waals surface area contributed by atoms with Gasteiger partial charge in [-0.3, -0.25) is 9.78 Å². The molecule has 0 aliphatic carbocycles. The maximum Gasteiger partial charge on any atom is 0.258 e. The van der Waals surface area contributed by atoms with Crippen molar-refractivity contribution in [3.63, 3.8) is 0 Å². The monoisotopic (exact) mass is 281 g/mol. The van der Waals surface area contributed by atoms with Crippen molar-refractivity contribution < 1.29 is 9.32 Å². The zero-order valence-electron chi connectivity index (χ0n) is 11.1. The third-order valence-corrected chi connectivity index (χ3v) is 2.73. The van der Waals surface area contributed by atoms with E-state index in [0.29, 0.717) is 28.7 Å². The highest BCUT2D eigenvalue weighted by Crippen LogP contribution is 2.22. The molecule has 7 nitrogen and oxygen atoms in total. The number of carbonyl (C=O) groups is 1. The fourth-order valence-corrected chi connectivity index (χ4v) is 1.82. The van der Waals surface area contributed by atoms with Crippen LogP contribution in [-0.4, -0.2) is 26.0 Å². The third kappa shape index (κ3) is 2.76. The van der Waals surface area contributed by atoms with Gasteiger partial charge in [-0.2, -0.15) is 4.98 Å². The first-order valence-electron chi connectivity index (χ1n) is 6.21. The van der Waals surface area contributed by atoms with Crippen molar-refractivity contribution in [2.75, 3.05) is 5.32 Å². The maximum absolute atomic E-state index is 12.3. The lowest BCUT2D eigenvalue weighted by Crippen LogP contribution is -2.14. The van der Waals surface area contributed by atoms with E-state index in [1.165, 1.54) is 18.6 Å². The van der Waals surface area contributed by atoms with Gasteiger partial charge < -0.3 is 9.84 Å². The Morgan fingerprint density at radius 2 is 2.10 bits per heavy atom. The van der Waals surface area contributed by atoms with Gasteiger partial charge >= 0.3 is 0 Å². The van der Waals surface area contributed by atoms with Crippen LogP contribution in [0.4, 0.5) is 5.82 Å². The Kier molecular flexibility index (Phi) is 3.38. The number of rotatable bonds is 3. The number of nitrogens with one attached hydrogen (secondary N) is 1. The number of carbonyl (C=O) groups excluding carboxylic acids is 1. The van der Waals surface area contributed by atoms with Crippen molar-refractivity contribution in [3.8, 4) is 11.5 Å². The van der Waals surface area contributed by atoms with Crippen molar-refractivity contribution in [2.24, 2.45) is 0 Å². The van der Waals surface area contributed by atoms with Gasteiger partial charge in [0.25, 0.3) is 11.8 Å². The molecule has 0 spiro atoms. The Hall–Kier alpha value is -3.09. The number of hydrogen-bond donors (Lipinski definition) is 1. The second-order valence-corrected chi connectivity index (χ2v) is 4.24. The van der Waals surface area contributed by atoms with Crippen LogP contribution in [0.25, 0.3) is 11.5 Å². The molecule has 3 rings (SSSR count). The van der Waals surface area contributed by atoms with Gasteiger partial charge in [0.2, 0.25) is 0 Å². The maximum atomic E-state index is 12.3. The van der Waals surface area contributed by atoms with Gasteiger partial charge in [0.1, 0.15) is 0 Å². The summed E-state index contributed by atoms with van der Waals surface area (Å²) in [4.78, 5) is 24.4. The second-order valence-electron chi connectivity index (χ2n) is 4.24. The number of benzene rings is 1. The highest BCUT2D eigenvalue weighted by atomic mass is 16.5. The van der Waals surface area contributed by atoms with Gasteiger partial charge in [-0.1, -0.05) is 17.3 Å². The molecule has 0 saturated heterocycles. The minimum absolute atomic E-state index is 0.303. The minimum Gasteiger partial charge on any atom is -0.334 e. The van der Waals surface area contributed by atoms with Gasteiger partial charge in [0.05, 0.1) is 17.3 Å². The van der Waals surface area contributed by atoms with Crippen molar-refractivity contribution in [1.82, 2.24) is 20.1 Å². The Labute approximate surface area is 120 Å². The molecule has 104 valence electrons. The lowest BCUT2D eigenvalue weighted by molar-refractivity contribution is 0.102. The molecular weight excluding hydrogens is 270 g/mol. The van der Waals surface area contributed by atoms with E-state index in [-0.39, 0.29) is 5.91 Å². The first-order valence-corrected chi connectivity index (χ1v) is 6.21. The normalized spacial score (nSPS) is 10.3. The number of aryl methyl sites for hydroxylation is 1. The molecule has 21 heavy (non-hydrogen) atoms. The lowest BCUT2D eigenvalue weighted by atomic mass is 10.1. The van der Waals surface area contributed by atoms with Gasteiger partial charge in [0.15, 0.2) is 11.6 Å². The summed E-state index contributed by atoms with van der Waals surface area (Å²) in [5.74, 6) is 0.868. The van der Waals surface area contributed by atoms with Gasteiger partial charge in [0, 0.05) is 12.4 Å². The summed E-state index contributed by atoms with van der Waals surface area (Å²) >= 11 is 0. The third-order valence-electron chi connectivity index (χ3n) is 2.73. The van der Waals surface area contributed by atoms with Crippen molar-refractivity contribution in [1.29, 1.82) is 0 Å². The Balaban J connectivity index is 1.94. The molecule has 0 atom stereocenters. The summed E-state index contributed by atoms with van der Waals surface area (Å²) < 4.78 is 5.12.